The zero-order valence-corrected chi connectivity index (χ0v) is 11.8. The van der Waals surface area contributed by atoms with Gasteiger partial charge in [-0.1, -0.05) is 39.0 Å². The second kappa shape index (κ2) is 10.2. The largest absolute Gasteiger partial charge is 0.502 e. The third-order valence-corrected chi connectivity index (χ3v) is 5.49. The number of rotatable bonds is 11. The van der Waals surface area contributed by atoms with Crippen molar-refractivity contribution in [1.29, 1.82) is 0 Å². The van der Waals surface area contributed by atoms with E-state index in [-0.39, 0.29) is 0 Å². The molecule has 0 aliphatic carbocycles. The quantitative estimate of drug-likeness (QED) is 0.416. The molecule has 0 atom stereocenters. The first kappa shape index (κ1) is 16.0. The van der Waals surface area contributed by atoms with Crippen LogP contribution in [0.2, 0.25) is 6.04 Å². The van der Waals surface area contributed by atoms with Crippen molar-refractivity contribution in [2.45, 2.75) is 51.5 Å². The Morgan fingerprint density at radius 2 is 1.50 bits per heavy atom. The summed E-state index contributed by atoms with van der Waals surface area (Å²) >= 11 is 0. The van der Waals surface area contributed by atoms with Gasteiger partial charge in [-0.3, -0.25) is 0 Å². The van der Waals surface area contributed by atoms with Gasteiger partial charge >= 0.3 is 8.80 Å². The van der Waals surface area contributed by atoms with E-state index in [1.807, 2.05) is 0 Å². The zero-order chi connectivity index (χ0) is 12.3. The molecule has 0 aromatic rings. The molecule has 16 heavy (non-hydrogen) atoms. The highest BCUT2D eigenvalue weighted by atomic mass is 28.4. The molecule has 0 saturated carbocycles. The van der Waals surface area contributed by atoms with Crippen LogP contribution in [0, 0.1) is 0 Å². The van der Waals surface area contributed by atoms with Crippen LogP contribution in [0.4, 0.5) is 4.39 Å². The minimum atomic E-state index is -2.69. The van der Waals surface area contributed by atoms with Crippen molar-refractivity contribution in [2.24, 2.45) is 0 Å². The first-order valence-electron chi connectivity index (χ1n) is 6.05. The van der Waals surface area contributed by atoms with Gasteiger partial charge in [0.25, 0.3) is 0 Å². The molecule has 0 radical (unpaired) electrons. The number of hydrogen-bond donors (Lipinski definition) is 0. The van der Waals surface area contributed by atoms with Gasteiger partial charge in [0.15, 0.2) is 6.86 Å². The number of halogens is 1. The molecule has 0 unspecified atom stereocenters. The van der Waals surface area contributed by atoms with E-state index < -0.39 is 15.7 Å². The van der Waals surface area contributed by atoms with Crippen LogP contribution in [0.5, 0.6) is 0 Å². The molecule has 0 aromatic heterocycles. The van der Waals surface area contributed by atoms with Crippen molar-refractivity contribution < 1.29 is 17.7 Å². The van der Waals surface area contributed by atoms with E-state index in [9.17, 15) is 4.39 Å². The fourth-order valence-electron chi connectivity index (χ4n) is 1.68. The van der Waals surface area contributed by atoms with Crippen LogP contribution in [0.15, 0.2) is 0 Å². The third kappa shape index (κ3) is 6.58. The van der Waals surface area contributed by atoms with E-state index >= 15 is 0 Å². The molecule has 0 saturated heterocycles. The van der Waals surface area contributed by atoms with E-state index in [0.717, 1.165) is 12.8 Å². The van der Waals surface area contributed by atoms with E-state index in [0.29, 0.717) is 6.04 Å². The second-order valence-corrected chi connectivity index (χ2v) is 6.83. The SMILES string of the molecule is CCCCCCCC[Si](OC)(OC)OCF. The lowest BCUT2D eigenvalue weighted by Gasteiger charge is -2.24. The van der Waals surface area contributed by atoms with Crippen molar-refractivity contribution in [3.8, 4) is 0 Å². The van der Waals surface area contributed by atoms with Crippen LogP contribution < -0.4 is 0 Å². The average molecular weight is 252 g/mol. The van der Waals surface area contributed by atoms with Gasteiger partial charge < -0.3 is 13.3 Å². The minimum absolute atomic E-state index is 0.704. The summed E-state index contributed by atoms with van der Waals surface area (Å²) in [4.78, 5) is 0. The first-order chi connectivity index (χ1) is 7.74. The Hall–Kier alpha value is 0.0269. The van der Waals surface area contributed by atoms with Gasteiger partial charge in [0, 0.05) is 20.3 Å². The predicted molar refractivity (Wildman–Crippen MR) is 65.0 cm³/mol. The highest BCUT2D eigenvalue weighted by Gasteiger charge is 2.38. The number of hydrogen-bond acceptors (Lipinski definition) is 3. The normalized spacial score (nSPS) is 12.0. The molecule has 0 aliphatic heterocycles. The summed E-state index contributed by atoms with van der Waals surface area (Å²) in [5.41, 5.74) is 0. The van der Waals surface area contributed by atoms with Crippen molar-refractivity contribution in [1.82, 2.24) is 0 Å². The molecule has 0 rings (SSSR count). The lowest BCUT2D eigenvalue weighted by molar-refractivity contribution is 0.0572. The van der Waals surface area contributed by atoms with Crippen molar-refractivity contribution >= 4 is 8.80 Å². The van der Waals surface area contributed by atoms with Gasteiger partial charge in [0.2, 0.25) is 0 Å². The molecule has 0 bridgehead atoms. The zero-order valence-electron chi connectivity index (χ0n) is 10.8. The molecule has 0 aromatic carbocycles. The maximum atomic E-state index is 12.2. The molecule has 0 aliphatic rings. The molecular weight excluding hydrogens is 227 g/mol. The second-order valence-electron chi connectivity index (χ2n) is 3.86. The monoisotopic (exact) mass is 252 g/mol. The Bertz CT molecular complexity index is 154. The summed E-state index contributed by atoms with van der Waals surface area (Å²) in [5, 5.41) is 0. The average Bonchev–Trinajstić information content (AvgIpc) is 2.32. The Morgan fingerprint density at radius 3 is 2.00 bits per heavy atom. The summed E-state index contributed by atoms with van der Waals surface area (Å²) < 4.78 is 27.6. The van der Waals surface area contributed by atoms with Crippen molar-refractivity contribution in [3.63, 3.8) is 0 Å². The Balaban J connectivity index is 3.67. The lowest BCUT2D eigenvalue weighted by atomic mass is 10.1. The number of unbranched alkanes of at least 4 members (excludes halogenated alkanes) is 5. The molecule has 0 heterocycles. The summed E-state index contributed by atoms with van der Waals surface area (Å²) in [5.74, 6) is 0. The maximum Gasteiger partial charge on any atom is 0.502 e. The summed E-state index contributed by atoms with van der Waals surface area (Å²) in [7, 11) is 0.374. The van der Waals surface area contributed by atoms with Gasteiger partial charge in [-0.05, 0) is 6.42 Å². The summed E-state index contributed by atoms with van der Waals surface area (Å²) in [6.45, 7) is 1.37. The van der Waals surface area contributed by atoms with Crippen LogP contribution in [0.25, 0.3) is 0 Å². The summed E-state index contributed by atoms with van der Waals surface area (Å²) in [6.07, 6.45) is 7.16. The van der Waals surface area contributed by atoms with Gasteiger partial charge in [0.05, 0.1) is 0 Å². The van der Waals surface area contributed by atoms with Crippen LogP contribution in [-0.2, 0) is 13.3 Å². The Morgan fingerprint density at radius 1 is 0.938 bits per heavy atom. The Labute approximate surface area is 99.6 Å². The maximum absolute atomic E-state index is 12.2. The third-order valence-electron chi connectivity index (χ3n) is 2.73. The highest BCUT2D eigenvalue weighted by molar-refractivity contribution is 6.60. The van der Waals surface area contributed by atoms with Crippen molar-refractivity contribution in [2.75, 3.05) is 21.1 Å². The van der Waals surface area contributed by atoms with Crippen LogP contribution in [0.3, 0.4) is 0 Å². The minimum Gasteiger partial charge on any atom is -0.377 e. The van der Waals surface area contributed by atoms with E-state index in [4.69, 9.17) is 13.3 Å². The molecule has 5 heteroatoms. The van der Waals surface area contributed by atoms with Gasteiger partial charge in [0.1, 0.15) is 0 Å². The smallest absolute Gasteiger partial charge is 0.377 e. The van der Waals surface area contributed by atoms with Crippen LogP contribution in [-0.4, -0.2) is 29.9 Å². The van der Waals surface area contributed by atoms with E-state index in [1.54, 1.807) is 0 Å². The molecule has 3 nitrogen and oxygen atoms in total. The van der Waals surface area contributed by atoms with Gasteiger partial charge in [-0.2, -0.15) is 0 Å². The molecule has 0 amide bonds. The fraction of sp³-hybridized carbons (Fsp3) is 1.00. The summed E-state index contributed by atoms with van der Waals surface area (Å²) in [6, 6.07) is 0.704. The molecule has 0 N–H and O–H groups in total. The van der Waals surface area contributed by atoms with Gasteiger partial charge in [-0.15, -0.1) is 0 Å². The van der Waals surface area contributed by atoms with Crippen LogP contribution >= 0.6 is 0 Å². The van der Waals surface area contributed by atoms with Crippen LogP contribution in [0.1, 0.15) is 45.4 Å². The highest BCUT2D eigenvalue weighted by Crippen LogP contribution is 2.19. The number of alkyl halides is 1. The van der Waals surface area contributed by atoms with E-state index in [2.05, 4.69) is 6.92 Å². The molecule has 98 valence electrons. The standard InChI is InChI=1S/C11H25FO3Si/c1-4-5-6-7-8-9-10-16(13-2,14-3)15-11-12/h4-11H2,1-3H3. The van der Waals surface area contributed by atoms with Gasteiger partial charge in [-0.25, -0.2) is 4.39 Å². The lowest BCUT2D eigenvalue weighted by Crippen LogP contribution is -2.43. The predicted octanol–water partition coefficient (Wildman–Crippen LogP) is 3.52. The van der Waals surface area contributed by atoms with E-state index in [1.165, 1.54) is 39.9 Å². The fourth-order valence-corrected chi connectivity index (χ4v) is 3.49. The topological polar surface area (TPSA) is 27.7 Å². The first-order valence-corrected chi connectivity index (χ1v) is 7.98. The molecule has 0 spiro atoms. The van der Waals surface area contributed by atoms with Crippen molar-refractivity contribution in [3.05, 3.63) is 0 Å². The Kier molecular flexibility index (Phi) is 10.2. The molecular formula is C11H25FO3Si. The molecule has 0 fully saturated rings.